The number of ether oxygens (including phenoxy) is 1. The molecule has 1 heterocycles. The van der Waals surface area contributed by atoms with Crippen LogP contribution < -0.4 is 5.32 Å². The van der Waals surface area contributed by atoms with Crippen LogP contribution in [0.15, 0.2) is 22.9 Å². The van der Waals surface area contributed by atoms with Gasteiger partial charge in [-0.1, -0.05) is 13.8 Å². The van der Waals surface area contributed by atoms with Crippen molar-refractivity contribution in [1.82, 2.24) is 10.3 Å². The molecule has 0 aromatic carbocycles. The molecule has 3 nitrogen and oxygen atoms in total. The summed E-state index contributed by atoms with van der Waals surface area (Å²) in [6.07, 6.45) is 7.07. The summed E-state index contributed by atoms with van der Waals surface area (Å²) < 4.78 is 6.28. The van der Waals surface area contributed by atoms with Crippen LogP contribution in [0.2, 0.25) is 0 Å². The second-order valence-corrected chi connectivity index (χ2v) is 6.08. The van der Waals surface area contributed by atoms with Gasteiger partial charge in [0.2, 0.25) is 0 Å². The van der Waals surface area contributed by atoms with E-state index in [9.17, 15) is 0 Å². The quantitative estimate of drug-likeness (QED) is 0.754. The molecule has 1 aromatic heterocycles. The van der Waals surface area contributed by atoms with Gasteiger partial charge in [-0.15, -0.1) is 0 Å². The number of methoxy groups -OCH3 is 1. The van der Waals surface area contributed by atoms with Gasteiger partial charge in [0.1, 0.15) is 0 Å². The molecule has 108 valence electrons. The fraction of sp³-hybridized carbons (Fsp3) is 0.667. The Balaban J connectivity index is 2.57. The van der Waals surface area contributed by atoms with Crippen molar-refractivity contribution in [3.63, 3.8) is 0 Å². The fourth-order valence-electron chi connectivity index (χ4n) is 2.28. The van der Waals surface area contributed by atoms with E-state index in [0.29, 0.717) is 12.0 Å². The van der Waals surface area contributed by atoms with Crippen LogP contribution in [0, 0.1) is 5.92 Å². The third-order valence-electron chi connectivity index (χ3n) is 3.06. The Morgan fingerprint density at radius 2 is 2.21 bits per heavy atom. The number of pyridine rings is 1. The SMILES string of the molecule is CCCNC(Cc1cncc(Br)c1)CC(C)COC. The average molecular weight is 329 g/mol. The van der Waals surface area contributed by atoms with E-state index in [0.717, 1.165) is 36.9 Å². The molecule has 0 aliphatic carbocycles. The lowest BCUT2D eigenvalue weighted by molar-refractivity contribution is 0.149. The van der Waals surface area contributed by atoms with E-state index in [-0.39, 0.29) is 0 Å². The molecule has 1 aromatic rings. The molecule has 0 saturated heterocycles. The van der Waals surface area contributed by atoms with Gasteiger partial charge in [0.25, 0.3) is 0 Å². The Morgan fingerprint density at radius 3 is 2.84 bits per heavy atom. The van der Waals surface area contributed by atoms with Gasteiger partial charge in [0.15, 0.2) is 0 Å². The molecule has 2 atom stereocenters. The van der Waals surface area contributed by atoms with Gasteiger partial charge < -0.3 is 10.1 Å². The highest BCUT2D eigenvalue weighted by Gasteiger charge is 2.13. The van der Waals surface area contributed by atoms with Crippen LogP contribution in [0.3, 0.4) is 0 Å². The molecule has 1 rings (SSSR count). The first-order valence-corrected chi connectivity index (χ1v) is 7.76. The van der Waals surface area contributed by atoms with Crippen LogP contribution in [0.4, 0.5) is 0 Å². The topological polar surface area (TPSA) is 34.2 Å². The molecule has 1 N–H and O–H groups in total. The standard InChI is InChI=1S/C15H25BrN2O/c1-4-5-18-15(6-12(2)11-19-3)8-13-7-14(16)10-17-9-13/h7,9-10,12,15,18H,4-6,8,11H2,1-3H3. The van der Waals surface area contributed by atoms with Gasteiger partial charge in [-0.3, -0.25) is 4.98 Å². The molecule has 0 radical (unpaired) electrons. The molecule has 0 aliphatic heterocycles. The highest BCUT2D eigenvalue weighted by atomic mass is 79.9. The molecule has 0 spiro atoms. The van der Waals surface area contributed by atoms with E-state index >= 15 is 0 Å². The monoisotopic (exact) mass is 328 g/mol. The van der Waals surface area contributed by atoms with Crippen molar-refractivity contribution in [2.24, 2.45) is 5.92 Å². The minimum Gasteiger partial charge on any atom is -0.384 e. The summed E-state index contributed by atoms with van der Waals surface area (Å²) in [4.78, 5) is 4.23. The molecule has 0 saturated carbocycles. The fourth-order valence-corrected chi connectivity index (χ4v) is 2.69. The third kappa shape index (κ3) is 7.04. The largest absolute Gasteiger partial charge is 0.384 e. The summed E-state index contributed by atoms with van der Waals surface area (Å²) >= 11 is 3.48. The number of rotatable bonds is 9. The number of halogens is 1. The van der Waals surface area contributed by atoms with Crippen LogP contribution in [0.25, 0.3) is 0 Å². The lowest BCUT2D eigenvalue weighted by Crippen LogP contribution is -2.34. The van der Waals surface area contributed by atoms with E-state index in [1.807, 2.05) is 12.4 Å². The summed E-state index contributed by atoms with van der Waals surface area (Å²) in [6, 6.07) is 2.63. The Bertz CT molecular complexity index is 360. The molecule has 19 heavy (non-hydrogen) atoms. The number of nitrogens with zero attached hydrogens (tertiary/aromatic N) is 1. The minimum atomic E-state index is 0.487. The highest BCUT2D eigenvalue weighted by molar-refractivity contribution is 9.10. The lowest BCUT2D eigenvalue weighted by atomic mass is 9.97. The van der Waals surface area contributed by atoms with E-state index in [2.05, 4.69) is 46.1 Å². The van der Waals surface area contributed by atoms with Crippen LogP contribution in [-0.4, -0.2) is 31.3 Å². The van der Waals surface area contributed by atoms with Crippen molar-refractivity contribution in [3.8, 4) is 0 Å². The smallest absolute Gasteiger partial charge is 0.0488 e. The number of nitrogens with one attached hydrogen (secondary N) is 1. The van der Waals surface area contributed by atoms with Crippen LogP contribution in [0.5, 0.6) is 0 Å². The highest BCUT2D eigenvalue weighted by Crippen LogP contribution is 2.15. The van der Waals surface area contributed by atoms with E-state index in [1.54, 1.807) is 7.11 Å². The maximum atomic E-state index is 5.23. The van der Waals surface area contributed by atoms with Crippen LogP contribution in [0.1, 0.15) is 32.3 Å². The summed E-state index contributed by atoms with van der Waals surface area (Å²) in [5, 5.41) is 3.63. The van der Waals surface area contributed by atoms with Crippen molar-refractivity contribution in [3.05, 3.63) is 28.5 Å². The number of aromatic nitrogens is 1. The normalized spacial score (nSPS) is 14.3. The molecule has 0 fully saturated rings. The zero-order chi connectivity index (χ0) is 14.1. The Kier molecular flexibility index (Phi) is 8.26. The Labute approximate surface area is 125 Å². The third-order valence-corrected chi connectivity index (χ3v) is 3.50. The Hall–Kier alpha value is -0.450. The minimum absolute atomic E-state index is 0.487. The summed E-state index contributed by atoms with van der Waals surface area (Å²) in [5.41, 5.74) is 1.27. The van der Waals surface area contributed by atoms with Crippen LogP contribution >= 0.6 is 15.9 Å². The van der Waals surface area contributed by atoms with Crippen molar-refractivity contribution in [2.45, 2.75) is 39.2 Å². The first-order valence-electron chi connectivity index (χ1n) is 6.97. The maximum absolute atomic E-state index is 5.23. The van der Waals surface area contributed by atoms with E-state index in [4.69, 9.17) is 4.74 Å². The predicted octanol–water partition coefficient (Wildman–Crippen LogP) is 3.43. The molecule has 0 aliphatic rings. The van der Waals surface area contributed by atoms with Crippen molar-refractivity contribution >= 4 is 15.9 Å². The molecule has 2 unspecified atom stereocenters. The van der Waals surface area contributed by atoms with E-state index < -0.39 is 0 Å². The van der Waals surface area contributed by atoms with Crippen molar-refractivity contribution < 1.29 is 4.74 Å². The second kappa shape index (κ2) is 9.45. The average Bonchev–Trinajstić information content (AvgIpc) is 2.36. The van der Waals surface area contributed by atoms with Gasteiger partial charge in [-0.2, -0.15) is 0 Å². The van der Waals surface area contributed by atoms with Gasteiger partial charge in [-0.05, 0) is 59.3 Å². The van der Waals surface area contributed by atoms with Gasteiger partial charge in [0, 0.05) is 36.6 Å². The number of hydrogen-bond donors (Lipinski definition) is 1. The zero-order valence-corrected chi connectivity index (χ0v) is 13.7. The van der Waals surface area contributed by atoms with Crippen molar-refractivity contribution in [2.75, 3.05) is 20.3 Å². The summed E-state index contributed by atoms with van der Waals surface area (Å²) in [7, 11) is 1.77. The van der Waals surface area contributed by atoms with Gasteiger partial charge >= 0.3 is 0 Å². The second-order valence-electron chi connectivity index (χ2n) is 5.16. The molecule has 0 bridgehead atoms. The molecule has 0 amide bonds. The first kappa shape index (κ1) is 16.6. The van der Waals surface area contributed by atoms with Crippen LogP contribution in [-0.2, 0) is 11.2 Å². The summed E-state index contributed by atoms with van der Waals surface area (Å²) in [5.74, 6) is 0.569. The first-order chi connectivity index (χ1) is 9.15. The molecular formula is C15H25BrN2O. The Morgan fingerprint density at radius 1 is 1.42 bits per heavy atom. The lowest BCUT2D eigenvalue weighted by Gasteiger charge is -2.22. The van der Waals surface area contributed by atoms with E-state index in [1.165, 1.54) is 5.56 Å². The van der Waals surface area contributed by atoms with Crippen molar-refractivity contribution in [1.29, 1.82) is 0 Å². The molecule has 4 heteroatoms. The summed E-state index contributed by atoms with van der Waals surface area (Å²) in [6.45, 7) is 6.32. The number of hydrogen-bond acceptors (Lipinski definition) is 3. The predicted molar refractivity (Wildman–Crippen MR) is 83.4 cm³/mol. The van der Waals surface area contributed by atoms with Gasteiger partial charge in [0.05, 0.1) is 0 Å². The van der Waals surface area contributed by atoms with Gasteiger partial charge in [-0.25, -0.2) is 0 Å². The zero-order valence-electron chi connectivity index (χ0n) is 12.2. The maximum Gasteiger partial charge on any atom is 0.0488 e. The molecular weight excluding hydrogens is 304 g/mol.